The fourth-order valence-electron chi connectivity index (χ4n) is 2.97. The Hall–Kier alpha value is -3.20. The number of aryl methyl sites for hydroxylation is 2. The topological polar surface area (TPSA) is 88.9 Å². The zero-order valence-corrected chi connectivity index (χ0v) is 18.4. The van der Waals surface area contributed by atoms with E-state index in [1.54, 1.807) is 19.1 Å². The van der Waals surface area contributed by atoms with Crippen molar-refractivity contribution in [2.75, 3.05) is 11.1 Å². The summed E-state index contributed by atoms with van der Waals surface area (Å²) >= 11 is 1.23. The third-order valence-corrected chi connectivity index (χ3v) is 5.57. The monoisotopic (exact) mass is 441 g/mol. The average Bonchev–Trinajstić information content (AvgIpc) is 3.15. The Balaban J connectivity index is 1.58. The highest BCUT2D eigenvalue weighted by molar-refractivity contribution is 7.99. The Morgan fingerprint density at radius 1 is 1.13 bits per heavy atom. The molecule has 7 nitrogen and oxygen atoms in total. The van der Waals surface area contributed by atoms with E-state index in [-0.39, 0.29) is 24.1 Å². The van der Waals surface area contributed by atoms with E-state index in [1.807, 2.05) is 36.6 Å². The fourth-order valence-corrected chi connectivity index (χ4v) is 3.79. The second kappa shape index (κ2) is 10.2. The third kappa shape index (κ3) is 5.91. The molecule has 3 rings (SSSR count). The first kappa shape index (κ1) is 22.5. The summed E-state index contributed by atoms with van der Waals surface area (Å²) in [6, 6.07) is 11.6. The van der Waals surface area contributed by atoms with Gasteiger partial charge in [-0.3, -0.25) is 9.59 Å². The van der Waals surface area contributed by atoms with Gasteiger partial charge in [0.15, 0.2) is 11.0 Å². The summed E-state index contributed by atoms with van der Waals surface area (Å²) in [5.41, 5.74) is 2.82. The zero-order chi connectivity index (χ0) is 22.4. The molecule has 3 aromatic rings. The van der Waals surface area contributed by atoms with Crippen LogP contribution in [0.25, 0.3) is 0 Å². The standard InChI is InChI=1S/C22H24FN5O2S/c1-4-28-19(12-24-21(30)16-7-5-6-14(2)10-16)26-27-22(28)31-13-20(29)25-18-11-17(23)9-8-15(18)3/h5-11H,4,12-13H2,1-3H3,(H,24,30)(H,25,29). The van der Waals surface area contributed by atoms with E-state index in [4.69, 9.17) is 0 Å². The summed E-state index contributed by atoms with van der Waals surface area (Å²) in [7, 11) is 0. The van der Waals surface area contributed by atoms with E-state index >= 15 is 0 Å². The maximum Gasteiger partial charge on any atom is 0.251 e. The maximum absolute atomic E-state index is 13.4. The lowest BCUT2D eigenvalue weighted by Gasteiger charge is -2.10. The molecule has 0 saturated heterocycles. The molecule has 2 N–H and O–H groups in total. The molecule has 9 heteroatoms. The Kier molecular flexibility index (Phi) is 7.41. The summed E-state index contributed by atoms with van der Waals surface area (Å²) < 4.78 is 15.2. The van der Waals surface area contributed by atoms with E-state index in [0.717, 1.165) is 11.1 Å². The highest BCUT2D eigenvalue weighted by Gasteiger charge is 2.15. The second-order valence-electron chi connectivity index (χ2n) is 6.99. The summed E-state index contributed by atoms with van der Waals surface area (Å²) in [6.45, 7) is 6.49. The van der Waals surface area contributed by atoms with E-state index in [0.29, 0.717) is 28.8 Å². The minimum atomic E-state index is -0.406. The number of carbonyl (C=O) groups excluding carboxylic acids is 2. The maximum atomic E-state index is 13.4. The lowest BCUT2D eigenvalue weighted by molar-refractivity contribution is -0.113. The van der Waals surface area contributed by atoms with Gasteiger partial charge in [-0.25, -0.2) is 4.39 Å². The lowest BCUT2D eigenvalue weighted by Crippen LogP contribution is -2.25. The van der Waals surface area contributed by atoms with Crippen molar-refractivity contribution in [2.45, 2.75) is 39.0 Å². The molecule has 0 radical (unpaired) electrons. The summed E-state index contributed by atoms with van der Waals surface area (Å²) in [5, 5.41) is 14.4. The van der Waals surface area contributed by atoms with Crippen LogP contribution in [0.4, 0.5) is 10.1 Å². The van der Waals surface area contributed by atoms with Gasteiger partial charge in [-0.05, 0) is 50.6 Å². The molecule has 0 spiro atoms. The fraction of sp³-hybridized carbons (Fsp3) is 0.273. The van der Waals surface area contributed by atoms with Crippen LogP contribution in [-0.2, 0) is 17.9 Å². The van der Waals surface area contributed by atoms with E-state index in [2.05, 4.69) is 20.8 Å². The third-order valence-electron chi connectivity index (χ3n) is 4.60. The van der Waals surface area contributed by atoms with Gasteiger partial charge >= 0.3 is 0 Å². The number of hydrogen-bond donors (Lipinski definition) is 2. The Bertz CT molecular complexity index is 1100. The molecule has 0 aliphatic carbocycles. The number of carbonyl (C=O) groups is 2. The number of halogens is 1. The number of amides is 2. The molecule has 1 aromatic heterocycles. The van der Waals surface area contributed by atoms with Gasteiger partial charge in [0.1, 0.15) is 5.82 Å². The Morgan fingerprint density at radius 2 is 1.94 bits per heavy atom. The number of aromatic nitrogens is 3. The van der Waals surface area contributed by atoms with Crippen LogP contribution in [0.1, 0.15) is 34.2 Å². The molecule has 1 heterocycles. The van der Waals surface area contributed by atoms with E-state index in [1.165, 1.54) is 23.9 Å². The SMILES string of the molecule is CCn1c(CNC(=O)c2cccc(C)c2)nnc1SCC(=O)Nc1cc(F)ccc1C. The van der Waals surface area contributed by atoms with Crippen molar-refractivity contribution >= 4 is 29.3 Å². The lowest BCUT2D eigenvalue weighted by atomic mass is 10.1. The van der Waals surface area contributed by atoms with Crippen LogP contribution < -0.4 is 10.6 Å². The molecule has 0 aliphatic rings. The first-order valence-electron chi connectivity index (χ1n) is 9.83. The average molecular weight is 442 g/mol. The minimum Gasteiger partial charge on any atom is -0.345 e. The van der Waals surface area contributed by atoms with Crippen molar-refractivity contribution in [1.82, 2.24) is 20.1 Å². The molecule has 31 heavy (non-hydrogen) atoms. The molecular weight excluding hydrogens is 417 g/mol. The largest absolute Gasteiger partial charge is 0.345 e. The Morgan fingerprint density at radius 3 is 2.68 bits per heavy atom. The highest BCUT2D eigenvalue weighted by atomic mass is 32.2. The molecule has 0 bridgehead atoms. The smallest absolute Gasteiger partial charge is 0.251 e. The van der Waals surface area contributed by atoms with Gasteiger partial charge < -0.3 is 15.2 Å². The van der Waals surface area contributed by atoms with Crippen LogP contribution >= 0.6 is 11.8 Å². The molecule has 0 atom stereocenters. The Labute approximate surface area is 184 Å². The van der Waals surface area contributed by atoms with Crippen LogP contribution in [0.3, 0.4) is 0 Å². The molecule has 0 aliphatic heterocycles. The predicted molar refractivity (Wildman–Crippen MR) is 119 cm³/mol. The highest BCUT2D eigenvalue weighted by Crippen LogP contribution is 2.20. The van der Waals surface area contributed by atoms with Gasteiger partial charge in [-0.1, -0.05) is 35.5 Å². The van der Waals surface area contributed by atoms with Gasteiger partial charge in [0.05, 0.1) is 12.3 Å². The van der Waals surface area contributed by atoms with Gasteiger partial charge in [0.25, 0.3) is 5.91 Å². The number of thioether (sulfide) groups is 1. The van der Waals surface area contributed by atoms with Crippen LogP contribution in [0.15, 0.2) is 47.6 Å². The zero-order valence-electron chi connectivity index (χ0n) is 17.6. The van der Waals surface area contributed by atoms with Crippen molar-refractivity contribution in [3.05, 3.63) is 70.8 Å². The number of anilines is 1. The van der Waals surface area contributed by atoms with E-state index in [9.17, 15) is 14.0 Å². The number of benzene rings is 2. The molecule has 0 saturated carbocycles. The molecular formula is C22H24FN5O2S. The second-order valence-corrected chi connectivity index (χ2v) is 7.93. The summed E-state index contributed by atoms with van der Waals surface area (Å²) in [4.78, 5) is 24.6. The number of rotatable bonds is 8. The minimum absolute atomic E-state index is 0.101. The van der Waals surface area contributed by atoms with Gasteiger partial charge in [0, 0.05) is 17.8 Å². The van der Waals surface area contributed by atoms with Crippen LogP contribution in [-0.4, -0.2) is 32.3 Å². The summed E-state index contributed by atoms with van der Waals surface area (Å²) in [6.07, 6.45) is 0. The van der Waals surface area contributed by atoms with Crippen LogP contribution in [0, 0.1) is 19.7 Å². The normalized spacial score (nSPS) is 10.7. The predicted octanol–water partition coefficient (Wildman–Crippen LogP) is 3.71. The number of hydrogen-bond acceptors (Lipinski definition) is 5. The van der Waals surface area contributed by atoms with Crippen LogP contribution in [0.5, 0.6) is 0 Å². The first-order chi connectivity index (χ1) is 14.9. The molecule has 0 fully saturated rings. The van der Waals surface area contributed by atoms with Gasteiger partial charge in [0.2, 0.25) is 5.91 Å². The van der Waals surface area contributed by atoms with E-state index < -0.39 is 5.82 Å². The van der Waals surface area contributed by atoms with Crippen molar-refractivity contribution in [2.24, 2.45) is 0 Å². The van der Waals surface area contributed by atoms with Crippen LogP contribution in [0.2, 0.25) is 0 Å². The molecule has 162 valence electrons. The number of nitrogens with one attached hydrogen (secondary N) is 2. The molecule has 0 unspecified atom stereocenters. The van der Waals surface area contributed by atoms with Crippen molar-refractivity contribution in [1.29, 1.82) is 0 Å². The van der Waals surface area contributed by atoms with Gasteiger partial charge in [-0.15, -0.1) is 10.2 Å². The quantitative estimate of drug-likeness (QED) is 0.520. The van der Waals surface area contributed by atoms with Crippen molar-refractivity contribution in [3.8, 4) is 0 Å². The first-order valence-corrected chi connectivity index (χ1v) is 10.8. The number of nitrogens with zero attached hydrogens (tertiary/aromatic N) is 3. The van der Waals surface area contributed by atoms with Crippen molar-refractivity contribution in [3.63, 3.8) is 0 Å². The molecule has 2 aromatic carbocycles. The van der Waals surface area contributed by atoms with Crippen molar-refractivity contribution < 1.29 is 14.0 Å². The summed E-state index contributed by atoms with van der Waals surface area (Å²) in [5.74, 6) is -0.153. The molecule has 2 amide bonds. The van der Waals surface area contributed by atoms with Gasteiger partial charge in [-0.2, -0.15) is 0 Å².